The highest BCUT2D eigenvalue weighted by molar-refractivity contribution is 5.83. The lowest BCUT2D eigenvalue weighted by molar-refractivity contribution is -0.128. The van der Waals surface area contributed by atoms with E-state index in [4.69, 9.17) is 0 Å². The molecule has 2 nitrogen and oxygen atoms in total. The highest BCUT2D eigenvalue weighted by Crippen LogP contribution is 2.35. The Labute approximate surface area is 89.9 Å². The zero-order valence-corrected chi connectivity index (χ0v) is 8.89. The topological polar surface area (TPSA) is 37.3 Å². The second-order valence-electron chi connectivity index (χ2n) is 4.37. The van der Waals surface area contributed by atoms with Crippen LogP contribution in [0.5, 0.6) is 0 Å². The molecule has 0 bridgehead atoms. The molecule has 0 aliphatic heterocycles. The van der Waals surface area contributed by atoms with E-state index in [0.717, 1.165) is 5.56 Å². The van der Waals surface area contributed by atoms with Crippen molar-refractivity contribution in [3.05, 3.63) is 35.9 Å². The van der Waals surface area contributed by atoms with Crippen LogP contribution in [0.2, 0.25) is 0 Å². The Hall–Kier alpha value is -1.15. The summed E-state index contributed by atoms with van der Waals surface area (Å²) in [5.41, 5.74) is 1.16. The van der Waals surface area contributed by atoms with Crippen molar-refractivity contribution in [2.45, 2.75) is 31.8 Å². The maximum atomic E-state index is 11.6. The van der Waals surface area contributed by atoms with Gasteiger partial charge in [0.05, 0.1) is 6.10 Å². The fourth-order valence-electron chi connectivity index (χ4n) is 2.35. The summed E-state index contributed by atoms with van der Waals surface area (Å²) in [5.74, 6) is 0.404. The van der Waals surface area contributed by atoms with E-state index in [1.54, 1.807) is 0 Å². The number of aliphatic hydroxyl groups excluding tert-OH is 1. The molecule has 1 fully saturated rings. The number of ketones is 1. The smallest absolute Gasteiger partial charge is 0.138 e. The molecule has 0 aromatic heterocycles. The van der Waals surface area contributed by atoms with E-state index >= 15 is 0 Å². The van der Waals surface area contributed by atoms with Gasteiger partial charge in [0.25, 0.3) is 0 Å². The van der Waals surface area contributed by atoms with Crippen molar-refractivity contribution in [2.24, 2.45) is 5.92 Å². The number of aliphatic hydroxyl groups is 1. The Balaban J connectivity index is 2.24. The largest absolute Gasteiger partial charge is 0.393 e. The number of rotatable bonds is 1. The molecule has 3 atom stereocenters. The number of carbonyl (C=O) groups excluding carboxylic acids is 1. The highest BCUT2D eigenvalue weighted by Gasteiger charge is 2.33. The second kappa shape index (κ2) is 4.15. The first-order chi connectivity index (χ1) is 7.18. The molecule has 0 heterocycles. The van der Waals surface area contributed by atoms with Crippen LogP contribution in [0.3, 0.4) is 0 Å². The molecule has 0 saturated heterocycles. The van der Waals surface area contributed by atoms with E-state index < -0.39 is 6.10 Å². The van der Waals surface area contributed by atoms with Crippen molar-refractivity contribution in [1.29, 1.82) is 0 Å². The zero-order chi connectivity index (χ0) is 10.8. The average Bonchev–Trinajstić information content (AvgIpc) is 2.24. The average molecular weight is 204 g/mol. The van der Waals surface area contributed by atoms with E-state index in [0.29, 0.717) is 12.8 Å². The van der Waals surface area contributed by atoms with Gasteiger partial charge in [0.15, 0.2) is 0 Å². The van der Waals surface area contributed by atoms with Crippen molar-refractivity contribution in [3.63, 3.8) is 0 Å². The molecule has 0 spiro atoms. The van der Waals surface area contributed by atoms with Gasteiger partial charge in [0.2, 0.25) is 0 Å². The predicted octanol–water partition coefficient (Wildman–Crippen LogP) is 2.13. The molecule has 0 unspecified atom stereocenters. The number of hydrogen-bond acceptors (Lipinski definition) is 2. The van der Waals surface area contributed by atoms with Gasteiger partial charge >= 0.3 is 0 Å². The van der Waals surface area contributed by atoms with Gasteiger partial charge in [0.1, 0.15) is 5.78 Å². The zero-order valence-electron chi connectivity index (χ0n) is 8.89. The van der Waals surface area contributed by atoms with Gasteiger partial charge in [0, 0.05) is 12.3 Å². The summed E-state index contributed by atoms with van der Waals surface area (Å²) in [5, 5.41) is 9.61. The molecule has 0 radical (unpaired) electrons. The predicted molar refractivity (Wildman–Crippen MR) is 58.6 cm³/mol. The third kappa shape index (κ3) is 2.10. The Kier molecular flexibility index (Phi) is 2.87. The van der Waals surface area contributed by atoms with Crippen molar-refractivity contribution in [3.8, 4) is 0 Å². The lowest BCUT2D eigenvalue weighted by Gasteiger charge is -2.31. The first kappa shape index (κ1) is 10.4. The molecule has 1 N–H and O–H groups in total. The van der Waals surface area contributed by atoms with Crippen LogP contribution >= 0.6 is 0 Å². The summed E-state index contributed by atoms with van der Waals surface area (Å²) in [6, 6.07) is 10.00. The maximum absolute atomic E-state index is 11.6. The van der Waals surface area contributed by atoms with E-state index in [9.17, 15) is 9.90 Å². The molecule has 1 aromatic carbocycles. The number of benzene rings is 1. The third-order valence-electron chi connectivity index (χ3n) is 3.30. The molecule has 0 amide bonds. The molecule has 1 aliphatic rings. The van der Waals surface area contributed by atoms with Crippen LogP contribution in [-0.4, -0.2) is 17.0 Å². The quantitative estimate of drug-likeness (QED) is 0.761. The maximum Gasteiger partial charge on any atom is 0.138 e. The van der Waals surface area contributed by atoms with Crippen molar-refractivity contribution >= 4 is 5.78 Å². The van der Waals surface area contributed by atoms with Crippen LogP contribution < -0.4 is 0 Å². The lowest BCUT2D eigenvalue weighted by Crippen LogP contribution is -2.32. The first-order valence-electron chi connectivity index (χ1n) is 5.44. The van der Waals surface area contributed by atoms with Crippen LogP contribution in [0.25, 0.3) is 0 Å². The molecule has 1 saturated carbocycles. The van der Waals surface area contributed by atoms with Crippen molar-refractivity contribution < 1.29 is 9.90 Å². The Bertz CT molecular complexity index is 345. The summed E-state index contributed by atoms with van der Waals surface area (Å²) in [7, 11) is 0. The summed E-state index contributed by atoms with van der Waals surface area (Å²) in [6.45, 7) is 1.96. The summed E-state index contributed by atoms with van der Waals surface area (Å²) >= 11 is 0. The van der Waals surface area contributed by atoms with Gasteiger partial charge in [-0.25, -0.2) is 0 Å². The molecule has 80 valence electrons. The van der Waals surface area contributed by atoms with E-state index in [-0.39, 0.29) is 17.6 Å². The standard InChI is InChI=1S/C13H16O2/c1-9-12(7-11(14)8-13(9)15)10-5-3-2-4-6-10/h2-6,9,11-12,14H,7-8H2,1H3/t9-,11-,12-/m0/s1. The number of Topliss-reactive ketones (excluding diaryl/α,β-unsaturated/α-hetero) is 1. The molecule has 2 heteroatoms. The van der Waals surface area contributed by atoms with E-state index in [2.05, 4.69) is 0 Å². The third-order valence-corrected chi connectivity index (χ3v) is 3.30. The van der Waals surface area contributed by atoms with Crippen molar-refractivity contribution in [1.82, 2.24) is 0 Å². The molecular weight excluding hydrogens is 188 g/mol. The second-order valence-corrected chi connectivity index (χ2v) is 4.37. The fraction of sp³-hybridized carbons (Fsp3) is 0.462. The van der Waals surface area contributed by atoms with Gasteiger partial charge in [-0.05, 0) is 17.9 Å². The van der Waals surface area contributed by atoms with Gasteiger partial charge in [-0.3, -0.25) is 4.79 Å². The van der Waals surface area contributed by atoms with Crippen LogP contribution in [0.15, 0.2) is 30.3 Å². The van der Waals surface area contributed by atoms with Gasteiger partial charge < -0.3 is 5.11 Å². The molecule has 2 rings (SSSR count). The van der Waals surface area contributed by atoms with Crippen LogP contribution in [-0.2, 0) is 4.79 Å². The normalized spacial score (nSPS) is 31.6. The van der Waals surface area contributed by atoms with Crippen LogP contribution in [0.4, 0.5) is 0 Å². The monoisotopic (exact) mass is 204 g/mol. The van der Waals surface area contributed by atoms with E-state index in [1.807, 2.05) is 37.3 Å². The lowest BCUT2D eigenvalue weighted by atomic mass is 9.74. The Morgan fingerprint density at radius 3 is 2.60 bits per heavy atom. The number of carbonyl (C=O) groups is 1. The van der Waals surface area contributed by atoms with Gasteiger partial charge in [-0.1, -0.05) is 37.3 Å². The summed E-state index contributed by atoms with van der Waals surface area (Å²) in [4.78, 5) is 11.6. The molecule has 1 aromatic rings. The Morgan fingerprint density at radius 2 is 1.93 bits per heavy atom. The van der Waals surface area contributed by atoms with Gasteiger partial charge in [-0.15, -0.1) is 0 Å². The SMILES string of the molecule is C[C@@H]1C(=O)C[C@@H](O)C[C@@H]1c1ccccc1. The molecule has 15 heavy (non-hydrogen) atoms. The highest BCUT2D eigenvalue weighted by atomic mass is 16.3. The minimum atomic E-state index is -0.459. The van der Waals surface area contributed by atoms with E-state index in [1.165, 1.54) is 0 Å². The molecule has 1 aliphatic carbocycles. The van der Waals surface area contributed by atoms with Crippen LogP contribution in [0.1, 0.15) is 31.2 Å². The van der Waals surface area contributed by atoms with Crippen molar-refractivity contribution in [2.75, 3.05) is 0 Å². The summed E-state index contributed by atoms with van der Waals surface area (Å²) in [6.07, 6.45) is 0.570. The summed E-state index contributed by atoms with van der Waals surface area (Å²) < 4.78 is 0. The van der Waals surface area contributed by atoms with Crippen LogP contribution in [0, 0.1) is 5.92 Å². The minimum absolute atomic E-state index is 0.0378. The fourth-order valence-corrected chi connectivity index (χ4v) is 2.35. The number of hydrogen-bond donors (Lipinski definition) is 1. The first-order valence-corrected chi connectivity index (χ1v) is 5.44. The molecular formula is C13H16O2. The van der Waals surface area contributed by atoms with Gasteiger partial charge in [-0.2, -0.15) is 0 Å². The Morgan fingerprint density at radius 1 is 1.27 bits per heavy atom. The minimum Gasteiger partial charge on any atom is -0.393 e.